The summed E-state index contributed by atoms with van der Waals surface area (Å²) in [4.78, 5) is 17.2. The van der Waals surface area contributed by atoms with E-state index in [4.69, 9.17) is 9.72 Å². The van der Waals surface area contributed by atoms with Crippen molar-refractivity contribution < 1.29 is 9.53 Å². The van der Waals surface area contributed by atoms with Crippen LogP contribution in [0.25, 0.3) is 0 Å². The van der Waals surface area contributed by atoms with Gasteiger partial charge in [-0.05, 0) is 36.3 Å². The van der Waals surface area contributed by atoms with E-state index in [-0.39, 0.29) is 16.8 Å². The highest BCUT2D eigenvalue weighted by atomic mass is 16.5. The van der Waals surface area contributed by atoms with Gasteiger partial charge in [0.25, 0.3) is 0 Å². The van der Waals surface area contributed by atoms with Crippen LogP contribution in [0.4, 0.5) is 0 Å². The van der Waals surface area contributed by atoms with Gasteiger partial charge in [0.15, 0.2) is 0 Å². The summed E-state index contributed by atoms with van der Waals surface area (Å²) in [5.74, 6) is 0.181. The molecule has 21 heavy (non-hydrogen) atoms. The zero-order valence-corrected chi connectivity index (χ0v) is 14.3. The van der Waals surface area contributed by atoms with E-state index in [1.807, 2.05) is 13.0 Å². The van der Waals surface area contributed by atoms with Crippen molar-refractivity contribution in [3.8, 4) is 0 Å². The quantitative estimate of drug-likeness (QED) is 0.760. The van der Waals surface area contributed by atoms with Crippen LogP contribution in [-0.4, -0.2) is 17.6 Å². The number of hydrogen-bond acceptors (Lipinski definition) is 3. The van der Waals surface area contributed by atoms with Crippen molar-refractivity contribution in [1.29, 1.82) is 0 Å². The van der Waals surface area contributed by atoms with Gasteiger partial charge in [-0.2, -0.15) is 0 Å². The second-order valence-corrected chi connectivity index (χ2v) is 7.78. The van der Waals surface area contributed by atoms with Crippen molar-refractivity contribution >= 4 is 5.97 Å². The lowest BCUT2D eigenvalue weighted by Crippen LogP contribution is -2.23. The Morgan fingerprint density at radius 2 is 2.05 bits per heavy atom. The predicted molar refractivity (Wildman–Crippen MR) is 85.0 cm³/mol. The third-order valence-corrected chi connectivity index (χ3v) is 4.27. The molecule has 116 valence electrons. The third kappa shape index (κ3) is 2.83. The van der Waals surface area contributed by atoms with E-state index in [1.165, 1.54) is 5.56 Å². The first-order valence-corrected chi connectivity index (χ1v) is 7.81. The fourth-order valence-electron chi connectivity index (χ4n) is 3.35. The molecule has 1 heterocycles. The fraction of sp³-hybridized carbons (Fsp3) is 0.667. The largest absolute Gasteiger partial charge is 0.462 e. The summed E-state index contributed by atoms with van der Waals surface area (Å²) in [5, 5.41) is 0. The molecular formula is C18H27NO2. The highest BCUT2D eigenvalue weighted by molar-refractivity contribution is 5.91. The molecule has 0 saturated carbocycles. The molecule has 1 aromatic rings. The van der Waals surface area contributed by atoms with Crippen molar-refractivity contribution in [3.05, 3.63) is 28.6 Å². The monoisotopic (exact) mass is 289 g/mol. The van der Waals surface area contributed by atoms with E-state index in [9.17, 15) is 4.79 Å². The SMILES string of the molecule is CCOC(=O)c1cc2c(nc1C(C)(C)C)C(C)CC2(C)C. The van der Waals surface area contributed by atoms with E-state index in [0.29, 0.717) is 18.1 Å². The summed E-state index contributed by atoms with van der Waals surface area (Å²) >= 11 is 0. The minimum atomic E-state index is -0.256. The number of aromatic nitrogens is 1. The first kappa shape index (κ1) is 16.0. The van der Waals surface area contributed by atoms with Crippen LogP contribution in [-0.2, 0) is 15.6 Å². The molecule has 2 rings (SSSR count). The van der Waals surface area contributed by atoms with Gasteiger partial charge in [0, 0.05) is 11.1 Å². The van der Waals surface area contributed by atoms with Gasteiger partial charge in [0.05, 0.1) is 17.9 Å². The Bertz CT molecular complexity index is 567. The molecule has 0 radical (unpaired) electrons. The van der Waals surface area contributed by atoms with E-state index in [2.05, 4.69) is 41.5 Å². The lowest BCUT2D eigenvalue weighted by molar-refractivity contribution is 0.0522. The molecule has 0 aromatic carbocycles. The minimum Gasteiger partial charge on any atom is -0.462 e. The van der Waals surface area contributed by atoms with Crippen molar-refractivity contribution in [3.63, 3.8) is 0 Å². The Morgan fingerprint density at radius 3 is 2.57 bits per heavy atom. The average molecular weight is 289 g/mol. The number of pyridine rings is 1. The van der Waals surface area contributed by atoms with Crippen molar-refractivity contribution in [2.75, 3.05) is 6.61 Å². The highest BCUT2D eigenvalue weighted by Gasteiger charge is 2.38. The van der Waals surface area contributed by atoms with E-state index < -0.39 is 0 Å². The smallest absolute Gasteiger partial charge is 0.340 e. The third-order valence-electron chi connectivity index (χ3n) is 4.27. The summed E-state index contributed by atoms with van der Waals surface area (Å²) in [6.45, 7) is 15.2. The molecule has 1 unspecified atom stereocenters. The van der Waals surface area contributed by atoms with Crippen LogP contribution in [0, 0.1) is 0 Å². The number of nitrogens with zero attached hydrogens (tertiary/aromatic N) is 1. The van der Waals surface area contributed by atoms with Gasteiger partial charge in [-0.3, -0.25) is 4.98 Å². The molecule has 0 N–H and O–H groups in total. The second-order valence-electron chi connectivity index (χ2n) is 7.78. The summed E-state index contributed by atoms with van der Waals surface area (Å²) in [5.41, 5.74) is 3.72. The summed E-state index contributed by atoms with van der Waals surface area (Å²) in [7, 11) is 0. The van der Waals surface area contributed by atoms with E-state index in [1.54, 1.807) is 0 Å². The summed E-state index contributed by atoms with van der Waals surface area (Å²) in [6, 6.07) is 2.03. The molecule has 0 saturated heterocycles. The lowest BCUT2D eigenvalue weighted by Gasteiger charge is -2.24. The van der Waals surface area contributed by atoms with Gasteiger partial charge in [-0.25, -0.2) is 4.79 Å². The number of fused-ring (bicyclic) bond motifs is 1. The molecule has 0 fully saturated rings. The Morgan fingerprint density at radius 1 is 1.43 bits per heavy atom. The zero-order chi connectivity index (χ0) is 16.0. The molecule has 0 aliphatic heterocycles. The highest BCUT2D eigenvalue weighted by Crippen LogP contribution is 2.46. The topological polar surface area (TPSA) is 39.2 Å². The number of ether oxygens (including phenoxy) is 1. The number of rotatable bonds is 2. The normalized spacial score (nSPS) is 20.2. The molecule has 1 aliphatic carbocycles. The Kier molecular flexibility index (Phi) is 3.90. The summed E-state index contributed by atoms with van der Waals surface area (Å²) in [6.07, 6.45) is 1.07. The van der Waals surface area contributed by atoms with Crippen molar-refractivity contribution in [2.45, 2.75) is 71.6 Å². The van der Waals surface area contributed by atoms with Gasteiger partial charge in [-0.15, -0.1) is 0 Å². The molecule has 0 amide bonds. The maximum atomic E-state index is 12.3. The van der Waals surface area contributed by atoms with Crippen LogP contribution in [0.2, 0.25) is 0 Å². The lowest BCUT2D eigenvalue weighted by atomic mass is 9.83. The van der Waals surface area contributed by atoms with Crippen LogP contribution in [0.3, 0.4) is 0 Å². The maximum Gasteiger partial charge on any atom is 0.340 e. The van der Waals surface area contributed by atoms with Crippen molar-refractivity contribution in [1.82, 2.24) is 4.98 Å². The van der Waals surface area contributed by atoms with Gasteiger partial charge in [0.1, 0.15) is 0 Å². The van der Waals surface area contributed by atoms with Crippen LogP contribution < -0.4 is 0 Å². The molecule has 3 heteroatoms. The van der Waals surface area contributed by atoms with Gasteiger partial charge >= 0.3 is 5.97 Å². The van der Waals surface area contributed by atoms with Crippen molar-refractivity contribution in [2.24, 2.45) is 0 Å². The Balaban J connectivity index is 2.67. The molecule has 0 bridgehead atoms. The number of carbonyl (C=O) groups is 1. The van der Waals surface area contributed by atoms with Gasteiger partial charge < -0.3 is 4.74 Å². The Labute approximate surface area is 128 Å². The number of hydrogen-bond donors (Lipinski definition) is 0. The number of esters is 1. The fourth-order valence-corrected chi connectivity index (χ4v) is 3.35. The molecule has 3 nitrogen and oxygen atoms in total. The second kappa shape index (κ2) is 5.11. The van der Waals surface area contributed by atoms with Crippen LogP contribution >= 0.6 is 0 Å². The zero-order valence-electron chi connectivity index (χ0n) is 14.3. The first-order valence-electron chi connectivity index (χ1n) is 7.81. The maximum absolute atomic E-state index is 12.3. The molecule has 1 aromatic heterocycles. The standard InChI is InChI=1S/C18H27NO2/c1-8-21-16(20)12-9-13-14(11(2)10-18(13,6)7)19-15(12)17(3,4)5/h9,11H,8,10H2,1-7H3. The van der Waals surface area contributed by atoms with Crippen LogP contribution in [0.1, 0.15) is 88.1 Å². The van der Waals surface area contributed by atoms with Crippen LogP contribution in [0.15, 0.2) is 6.07 Å². The molecule has 0 spiro atoms. The summed E-state index contributed by atoms with van der Waals surface area (Å²) < 4.78 is 5.24. The first-order chi connectivity index (χ1) is 9.58. The Hall–Kier alpha value is -1.38. The minimum absolute atomic E-state index is 0.0689. The van der Waals surface area contributed by atoms with E-state index in [0.717, 1.165) is 17.8 Å². The molecular weight excluding hydrogens is 262 g/mol. The van der Waals surface area contributed by atoms with Gasteiger partial charge in [-0.1, -0.05) is 41.5 Å². The van der Waals surface area contributed by atoms with E-state index >= 15 is 0 Å². The average Bonchev–Trinajstić information content (AvgIpc) is 2.57. The number of carbonyl (C=O) groups excluding carboxylic acids is 1. The molecule has 1 atom stereocenters. The van der Waals surface area contributed by atoms with Gasteiger partial charge in [0.2, 0.25) is 0 Å². The predicted octanol–water partition coefficient (Wildman–Crippen LogP) is 4.34. The van der Waals surface area contributed by atoms with Crippen LogP contribution in [0.5, 0.6) is 0 Å². The molecule has 1 aliphatic rings.